The molecule has 1 saturated heterocycles. The van der Waals surface area contributed by atoms with Crippen molar-refractivity contribution in [2.24, 2.45) is 0 Å². The van der Waals surface area contributed by atoms with Crippen LogP contribution in [-0.4, -0.2) is 61.7 Å². The molecule has 3 aromatic rings. The van der Waals surface area contributed by atoms with E-state index in [2.05, 4.69) is 54.5 Å². The van der Waals surface area contributed by atoms with Crippen molar-refractivity contribution < 1.29 is 0 Å². The van der Waals surface area contributed by atoms with Gasteiger partial charge in [0.1, 0.15) is 5.82 Å². The summed E-state index contributed by atoms with van der Waals surface area (Å²) in [6.45, 7) is 6.95. The van der Waals surface area contributed by atoms with E-state index in [4.69, 9.17) is 4.98 Å². The monoisotopic (exact) mass is 350 g/mol. The molecule has 0 saturated carbocycles. The molecule has 4 heterocycles. The predicted molar refractivity (Wildman–Crippen MR) is 97.7 cm³/mol. The molecule has 0 amide bonds. The van der Waals surface area contributed by atoms with Gasteiger partial charge in [-0.2, -0.15) is 5.21 Å². The van der Waals surface area contributed by atoms with Gasteiger partial charge in [0.15, 0.2) is 5.82 Å². The second kappa shape index (κ2) is 7.57. The molecule has 8 heteroatoms. The summed E-state index contributed by atoms with van der Waals surface area (Å²) in [6, 6.07) is 10.3. The molecule has 0 bridgehead atoms. The zero-order valence-electron chi connectivity index (χ0n) is 14.8. The topological polar surface area (TPSA) is 86.7 Å². The minimum Gasteiger partial charge on any atom is -0.354 e. The SMILES string of the molecule is Cc1ccnc(N2CCN(Cc3cccc(Cc4nn[nH]n4)n3)CC2)c1. The van der Waals surface area contributed by atoms with Crippen molar-refractivity contribution in [2.75, 3.05) is 31.1 Å². The molecule has 1 aliphatic rings. The second-order valence-corrected chi connectivity index (χ2v) is 6.58. The Morgan fingerprint density at radius 3 is 2.69 bits per heavy atom. The van der Waals surface area contributed by atoms with E-state index in [9.17, 15) is 0 Å². The standard InChI is InChI=1S/C18H22N8/c1-14-5-6-19-18(11-14)26-9-7-25(8-10-26)13-16-4-2-3-15(20-16)12-17-21-23-24-22-17/h2-6,11H,7-10,12-13H2,1H3,(H,21,22,23,24). The highest BCUT2D eigenvalue weighted by Crippen LogP contribution is 2.16. The lowest BCUT2D eigenvalue weighted by Gasteiger charge is -2.35. The number of aromatic nitrogens is 6. The summed E-state index contributed by atoms with van der Waals surface area (Å²) >= 11 is 0. The highest BCUT2D eigenvalue weighted by molar-refractivity contribution is 5.41. The van der Waals surface area contributed by atoms with Crippen molar-refractivity contribution >= 4 is 5.82 Å². The molecule has 0 radical (unpaired) electrons. The molecule has 1 aliphatic heterocycles. The molecule has 0 aromatic carbocycles. The first-order chi connectivity index (χ1) is 12.8. The molecule has 1 fully saturated rings. The van der Waals surface area contributed by atoms with Gasteiger partial charge < -0.3 is 4.90 Å². The van der Waals surface area contributed by atoms with Crippen molar-refractivity contribution in [3.63, 3.8) is 0 Å². The lowest BCUT2D eigenvalue weighted by Crippen LogP contribution is -2.46. The molecule has 134 valence electrons. The third kappa shape index (κ3) is 4.02. The number of nitrogens with zero attached hydrogens (tertiary/aromatic N) is 7. The summed E-state index contributed by atoms with van der Waals surface area (Å²) in [5, 5.41) is 14.0. The number of aryl methyl sites for hydroxylation is 1. The third-order valence-electron chi connectivity index (χ3n) is 4.58. The molecule has 0 atom stereocenters. The Balaban J connectivity index is 1.34. The Kier molecular flexibility index (Phi) is 4.83. The van der Waals surface area contributed by atoms with Gasteiger partial charge in [-0.25, -0.2) is 4.98 Å². The summed E-state index contributed by atoms with van der Waals surface area (Å²) in [7, 11) is 0. The summed E-state index contributed by atoms with van der Waals surface area (Å²) in [4.78, 5) is 14.0. The number of H-pyrrole nitrogens is 1. The average Bonchev–Trinajstić information content (AvgIpc) is 3.16. The first-order valence-electron chi connectivity index (χ1n) is 8.83. The number of tetrazole rings is 1. The van der Waals surface area contributed by atoms with E-state index in [1.54, 1.807) is 0 Å². The number of aromatic amines is 1. The quantitative estimate of drug-likeness (QED) is 0.740. The lowest BCUT2D eigenvalue weighted by atomic mass is 10.2. The number of hydrogen-bond donors (Lipinski definition) is 1. The Labute approximate surface area is 152 Å². The fraction of sp³-hybridized carbons (Fsp3) is 0.389. The first kappa shape index (κ1) is 16.6. The van der Waals surface area contributed by atoms with E-state index >= 15 is 0 Å². The number of hydrogen-bond acceptors (Lipinski definition) is 7. The number of anilines is 1. The van der Waals surface area contributed by atoms with E-state index < -0.39 is 0 Å². The van der Waals surface area contributed by atoms with E-state index in [0.29, 0.717) is 12.2 Å². The largest absolute Gasteiger partial charge is 0.354 e. The van der Waals surface area contributed by atoms with Crippen molar-refractivity contribution in [1.82, 2.24) is 35.5 Å². The van der Waals surface area contributed by atoms with E-state index in [1.807, 2.05) is 24.4 Å². The van der Waals surface area contributed by atoms with E-state index in [1.165, 1.54) is 5.56 Å². The van der Waals surface area contributed by atoms with Crippen LogP contribution in [0.5, 0.6) is 0 Å². The van der Waals surface area contributed by atoms with Crippen LogP contribution < -0.4 is 4.90 Å². The zero-order chi connectivity index (χ0) is 17.8. The molecule has 1 N–H and O–H groups in total. The lowest BCUT2D eigenvalue weighted by molar-refractivity contribution is 0.246. The van der Waals surface area contributed by atoms with E-state index in [-0.39, 0.29) is 0 Å². The summed E-state index contributed by atoms with van der Waals surface area (Å²) in [5.41, 5.74) is 3.29. The fourth-order valence-electron chi connectivity index (χ4n) is 3.19. The van der Waals surface area contributed by atoms with Crippen molar-refractivity contribution in [3.05, 3.63) is 59.3 Å². The normalized spacial score (nSPS) is 15.3. The minimum absolute atomic E-state index is 0.594. The van der Waals surface area contributed by atoms with Gasteiger partial charge in [-0.15, -0.1) is 10.2 Å². The van der Waals surface area contributed by atoms with Crippen LogP contribution in [0.25, 0.3) is 0 Å². The molecule has 0 aliphatic carbocycles. The Morgan fingerprint density at radius 1 is 1.08 bits per heavy atom. The molecule has 26 heavy (non-hydrogen) atoms. The maximum atomic E-state index is 4.74. The molecule has 4 rings (SSSR count). The first-order valence-corrected chi connectivity index (χ1v) is 8.83. The van der Waals surface area contributed by atoms with Gasteiger partial charge in [-0.05, 0) is 36.8 Å². The van der Waals surface area contributed by atoms with Crippen LogP contribution >= 0.6 is 0 Å². The average molecular weight is 350 g/mol. The molecule has 0 unspecified atom stereocenters. The van der Waals surface area contributed by atoms with Crippen molar-refractivity contribution in [3.8, 4) is 0 Å². The van der Waals surface area contributed by atoms with Crippen LogP contribution in [0.4, 0.5) is 5.82 Å². The predicted octanol–water partition coefficient (Wildman–Crippen LogP) is 1.21. The summed E-state index contributed by atoms with van der Waals surface area (Å²) in [6.07, 6.45) is 2.48. The van der Waals surface area contributed by atoms with Gasteiger partial charge >= 0.3 is 0 Å². The summed E-state index contributed by atoms with van der Waals surface area (Å²) < 4.78 is 0. The van der Waals surface area contributed by atoms with Gasteiger partial charge in [0.25, 0.3) is 0 Å². The molecule has 3 aromatic heterocycles. The van der Waals surface area contributed by atoms with Crippen LogP contribution in [0.1, 0.15) is 22.8 Å². The van der Waals surface area contributed by atoms with Crippen LogP contribution in [0, 0.1) is 6.92 Å². The van der Waals surface area contributed by atoms with Crippen LogP contribution in [0.15, 0.2) is 36.5 Å². The summed E-state index contributed by atoms with van der Waals surface area (Å²) in [5.74, 6) is 1.74. The smallest absolute Gasteiger partial charge is 0.180 e. The maximum absolute atomic E-state index is 4.74. The molecule has 8 nitrogen and oxygen atoms in total. The number of rotatable bonds is 5. The van der Waals surface area contributed by atoms with E-state index in [0.717, 1.165) is 49.9 Å². The fourth-order valence-corrected chi connectivity index (χ4v) is 3.19. The van der Waals surface area contributed by atoms with Crippen LogP contribution in [0.3, 0.4) is 0 Å². The minimum atomic E-state index is 0.594. The molecule has 0 spiro atoms. The van der Waals surface area contributed by atoms with Gasteiger partial charge in [0, 0.05) is 44.6 Å². The number of pyridine rings is 2. The van der Waals surface area contributed by atoms with Gasteiger partial charge in [0.05, 0.1) is 12.1 Å². The maximum Gasteiger partial charge on any atom is 0.180 e. The van der Waals surface area contributed by atoms with Crippen molar-refractivity contribution in [2.45, 2.75) is 19.9 Å². The van der Waals surface area contributed by atoms with Crippen molar-refractivity contribution in [1.29, 1.82) is 0 Å². The highest BCUT2D eigenvalue weighted by Gasteiger charge is 2.18. The number of piperazine rings is 1. The second-order valence-electron chi connectivity index (χ2n) is 6.58. The highest BCUT2D eigenvalue weighted by atomic mass is 15.5. The van der Waals surface area contributed by atoms with Gasteiger partial charge in [-0.3, -0.25) is 9.88 Å². The Bertz CT molecular complexity index is 840. The van der Waals surface area contributed by atoms with Crippen LogP contribution in [-0.2, 0) is 13.0 Å². The van der Waals surface area contributed by atoms with Gasteiger partial charge in [0.2, 0.25) is 0 Å². The zero-order valence-corrected chi connectivity index (χ0v) is 14.8. The Morgan fingerprint density at radius 2 is 1.92 bits per heavy atom. The van der Waals surface area contributed by atoms with Gasteiger partial charge in [-0.1, -0.05) is 11.3 Å². The molecular weight excluding hydrogens is 328 g/mol. The van der Waals surface area contributed by atoms with Crippen LogP contribution in [0.2, 0.25) is 0 Å². The number of nitrogens with one attached hydrogen (secondary N) is 1. The Hall–Kier alpha value is -2.87. The molecular formula is C18H22N8. The third-order valence-corrected chi connectivity index (χ3v) is 4.58.